The van der Waals surface area contributed by atoms with Crippen LogP contribution in [0.2, 0.25) is 5.02 Å². The third-order valence-corrected chi connectivity index (χ3v) is 4.75. The lowest BCUT2D eigenvalue weighted by molar-refractivity contribution is -0.139. The Balaban J connectivity index is 1.79. The van der Waals surface area contributed by atoms with Crippen LogP contribution in [0.15, 0.2) is 24.4 Å². The van der Waals surface area contributed by atoms with Gasteiger partial charge in [-0.3, -0.25) is 9.59 Å². The molecular formula is C17H19ClN2O4. The molecule has 1 fully saturated rings. The average molecular weight is 351 g/mol. The van der Waals surface area contributed by atoms with Crippen molar-refractivity contribution < 1.29 is 19.4 Å². The molecule has 1 amide bonds. The number of amides is 1. The lowest BCUT2D eigenvalue weighted by atomic mass is 10.1. The summed E-state index contributed by atoms with van der Waals surface area (Å²) < 4.78 is 5.31. The number of rotatable bonds is 5. The molecule has 1 aromatic heterocycles. The Morgan fingerprint density at radius 1 is 1.46 bits per heavy atom. The Labute approximate surface area is 144 Å². The normalized spacial score (nSPS) is 20.7. The molecule has 2 N–H and O–H groups in total. The highest BCUT2D eigenvalue weighted by Crippen LogP contribution is 2.26. The first-order chi connectivity index (χ1) is 11.5. The smallest absolute Gasteiger partial charge is 0.305 e. The molecule has 1 aliphatic heterocycles. The number of carboxylic acids is 1. The minimum atomic E-state index is -0.909. The number of aromatic nitrogens is 1. The molecule has 0 bridgehead atoms. The van der Waals surface area contributed by atoms with Crippen LogP contribution < -0.4 is 0 Å². The lowest BCUT2D eigenvalue weighted by Crippen LogP contribution is -2.38. The number of methoxy groups -OCH3 is 1. The zero-order valence-electron chi connectivity index (χ0n) is 13.3. The number of hydrogen-bond donors (Lipinski definition) is 2. The van der Waals surface area contributed by atoms with Gasteiger partial charge in [0.15, 0.2) is 0 Å². The summed E-state index contributed by atoms with van der Waals surface area (Å²) in [6, 6.07) is 5.16. The fourth-order valence-electron chi connectivity index (χ4n) is 3.31. The number of nitrogens with one attached hydrogen (secondary N) is 1. The number of carbonyl (C=O) groups is 2. The summed E-state index contributed by atoms with van der Waals surface area (Å²) in [6.07, 6.45) is 2.37. The Morgan fingerprint density at radius 3 is 2.96 bits per heavy atom. The van der Waals surface area contributed by atoms with Crippen molar-refractivity contribution in [1.82, 2.24) is 9.88 Å². The van der Waals surface area contributed by atoms with E-state index >= 15 is 0 Å². The maximum Gasteiger partial charge on any atom is 0.305 e. The molecule has 1 saturated heterocycles. The first kappa shape index (κ1) is 16.8. The fraction of sp³-hybridized carbons (Fsp3) is 0.412. The maximum atomic E-state index is 12.7. The molecule has 1 aromatic carbocycles. The van der Waals surface area contributed by atoms with Crippen LogP contribution in [0.25, 0.3) is 10.9 Å². The molecule has 6 nitrogen and oxygen atoms in total. The van der Waals surface area contributed by atoms with Gasteiger partial charge in [0, 0.05) is 41.8 Å². The van der Waals surface area contributed by atoms with Gasteiger partial charge < -0.3 is 19.7 Å². The van der Waals surface area contributed by atoms with Gasteiger partial charge in [-0.15, -0.1) is 0 Å². The molecule has 3 rings (SSSR count). The van der Waals surface area contributed by atoms with Gasteiger partial charge in [-0.1, -0.05) is 11.6 Å². The minimum Gasteiger partial charge on any atom is -0.481 e. The summed E-state index contributed by atoms with van der Waals surface area (Å²) in [5.74, 6) is -1.00. The summed E-state index contributed by atoms with van der Waals surface area (Å²) in [6.45, 7) is 0.427. The molecule has 2 unspecified atom stereocenters. The first-order valence-corrected chi connectivity index (χ1v) is 8.15. The van der Waals surface area contributed by atoms with Crippen LogP contribution in [-0.2, 0) is 20.7 Å². The van der Waals surface area contributed by atoms with Gasteiger partial charge in [-0.05, 0) is 30.2 Å². The molecule has 2 heterocycles. The monoisotopic (exact) mass is 350 g/mol. The summed E-state index contributed by atoms with van der Waals surface area (Å²) in [4.78, 5) is 28.5. The molecule has 1 aliphatic rings. The maximum absolute atomic E-state index is 12.7. The van der Waals surface area contributed by atoms with E-state index in [4.69, 9.17) is 21.4 Å². The van der Waals surface area contributed by atoms with Gasteiger partial charge in [-0.2, -0.15) is 0 Å². The SMILES string of the molecule is COC1CC(CC(=O)O)N(C(=O)Cc2c[nH]c3ccc(Cl)cc23)C1. The Hall–Kier alpha value is -2.05. The molecule has 0 spiro atoms. The summed E-state index contributed by atoms with van der Waals surface area (Å²) in [5, 5.41) is 10.6. The number of fused-ring (bicyclic) bond motifs is 1. The predicted molar refractivity (Wildman–Crippen MR) is 90.2 cm³/mol. The van der Waals surface area contributed by atoms with E-state index in [1.54, 1.807) is 24.3 Å². The predicted octanol–water partition coefficient (Wildman–Crippen LogP) is 2.45. The molecule has 0 aliphatic carbocycles. The second-order valence-electron chi connectivity index (χ2n) is 6.07. The fourth-order valence-corrected chi connectivity index (χ4v) is 3.48. The van der Waals surface area contributed by atoms with Crippen LogP contribution in [0.5, 0.6) is 0 Å². The van der Waals surface area contributed by atoms with Crippen molar-refractivity contribution in [2.45, 2.75) is 31.4 Å². The summed E-state index contributed by atoms with van der Waals surface area (Å²) in [7, 11) is 1.58. The number of aromatic amines is 1. The van der Waals surface area contributed by atoms with Gasteiger partial charge in [0.05, 0.1) is 18.9 Å². The van der Waals surface area contributed by atoms with E-state index in [2.05, 4.69) is 4.98 Å². The highest BCUT2D eigenvalue weighted by Gasteiger charge is 2.36. The van der Waals surface area contributed by atoms with E-state index in [1.165, 1.54) is 0 Å². The van der Waals surface area contributed by atoms with Crippen molar-refractivity contribution in [3.8, 4) is 0 Å². The van der Waals surface area contributed by atoms with Crippen LogP contribution in [-0.4, -0.2) is 52.7 Å². The Morgan fingerprint density at radius 2 is 2.25 bits per heavy atom. The number of ether oxygens (including phenoxy) is 1. The van der Waals surface area contributed by atoms with Crippen LogP contribution in [0.3, 0.4) is 0 Å². The van der Waals surface area contributed by atoms with E-state index in [0.717, 1.165) is 16.5 Å². The quantitative estimate of drug-likeness (QED) is 0.867. The van der Waals surface area contributed by atoms with Gasteiger partial charge in [0.1, 0.15) is 0 Å². The summed E-state index contributed by atoms with van der Waals surface area (Å²) >= 11 is 6.04. The topological polar surface area (TPSA) is 82.6 Å². The molecule has 7 heteroatoms. The average Bonchev–Trinajstić information content (AvgIpc) is 3.11. The highest BCUT2D eigenvalue weighted by atomic mass is 35.5. The van der Waals surface area contributed by atoms with Crippen molar-refractivity contribution in [2.75, 3.05) is 13.7 Å². The van der Waals surface area contributed by atoms with Gasteiger partial charge in [0.25, 0.3) is 0 Å². The van der Waals surface area contributed by atoms with Crippen LogP contribution in [0.4, 0.5) is 0 Å². The van der Waals surface area contributed by atoms with E-state index < -0.39 is 5.97 Å². The van der Waals surface area contributed by atoms with E-state index in [9.17, 15) is 9.59 Å². The van der Waals surface area contributed by atoms with E-state index in [-0.39, 0.29) is 30.9 Å². The largest absolute Gasteiger partial charge is 0.481 e. The van der Waals surface area contributed by atoms with Gasteiger partial charge in [0.2, 0.25) is 5.91 Å². The lowest BCUT2D eigenvalue weighted by Gasteiger charge is -2.23. The number of hydrogen-bond acceptors (Lipinski definition) is 3. The number of nitrogens with zero attached hydrogens (tertiary/aromatic N) is 1. The Bertz CT molecular complexity index is 773. The first-order valence-electron chi connectivity index (χ1n) is 7.77. The number of benzene rings is 1. The van der Waals surface area contributed by atoms with E-state index in [1.807, 2.05) is 12.1 Å². The van der Waals surface area contributed by atoms with Crippen LogP contribution in [0.1, 0.15) is 18.4 Å². The second-order valence-corrected chi connectivity index (χ2v) is 6.51. The van der Waals surface area contributed by atoms with Crippen molar-refractivity contribution >= 4 is 34.4 Å². The Kier molecular flexibility index (Phi) is 4.78. The molecule has 24 heavy (non-hydrogen) atoms. The molecule has 128 valence electrons. The molecule has 2 aromatic rings. The molecule has 2 atom stereocenters. The third kappa shape index (κ3) is 3.39. The number of aliphatic carboxylic acids is 1. The third-order valence-electron chi connectivity index (χ3n) is 4.51. The molecular weight excluding hydrogens is 332 g/mol. The van der Waals surface area contributed by atoms with Crippen LogP contribution in [0, 0.1) is 0 Å². The van der Waals surface area contributed by atoms with Gasteiger partial charge in [-0.25, -0.2) is 0 Å². The van der Waals surface area contributed by atoms with Crippen LogP contribution >= 0.6 is 11.6 Å². The number of carbonyl (C=O) groups excluding carboxylic acids is 1. The van der Waals surface area contributed by atoms with Crippen molar-refractivity contribution in [2.24, 2.45) is 0 Å². The number of likely N-dealkylation sites (tertiary alicyclic amines) is 1. The molecule has 0 saturated carbocycles. The number of halogens is 1. The van der Waals surface area contributed by atoms with E-state index in [0.29, 0.717) is 18.0 Å². The van der Waals surface area contributed by atoms with Crippen molar-refractivity contribution in [3.63, 3.8) is 0 Å². The van der Waals surface area contributed by atoms with Gasteiger partial charge >= 0.3 is 5.97 Å². The second kappa shape index (κ2) is 6.83. The van der Waals surface area contributed by atoms with Crippen molar-refractivity contribution in [3.05, 3.63) is 35.0 Å². The standard InChI is InChI=1S/C17H19ClN2O4/c1-24-13-6-12(7-17(22)23)20(9-13)16(21)4-10-8-19-15-3-2-11(18)5-14(10)15/h2-3,5,8,12-13,19H,4,6-7,9H2,1H3,(H,22,23). The minimum absolute atomic E-state index is 0.0642. The number of carboxylic acid groups (broad SMARTS) is 1. The molecule has 0 radical (unpaired) electrons. The highest BCUT2D eigenvalue weighted by molar-refractivity contribution is 6.31. The van der Waals surface area contributed by atoms with Crippen molar-refractivity contribution in [1.29, 1.82) is 0 Å². The summed E-state index contributed by atoms with van der Waals surface area (Å²) in [5.41, 5.74) is 1.77. The zero-order valence-corrected chi connectivity index (χ0v) is 14.0. The number of H-pyrrole nitrogens is 1. The zero-order chi connectivity index (χ0) is 17.3.